The summed E-state index contributed by atoms with van der Waals surface area (Å²) in [4.78, 5) is 16.0. The Morgan fingerprint density at radius 3 is 3.12 bits per heavy atom. The highest BCUT2D eigenvalue weighted by atomic mass is 16.5. The molecule has 0 aliphatic carbocycles. The van der Waals surface area contributed by atoms with E-state index in [9.17, 15) is 4.79 Å². The summed E-state index contributed by atoms with van der Waals surface area (Å²) in [6, 6.07) is 2.30. The molecular formula is C11H17N3O2. The van der Waals surface area contributed by atoms with Crippen LogP contribution in [0.2, 0.25) is 0 Å². The van der Waals surface area contributed by atoms with Crippen molar-refractivity contribution in [3.63, 3.8) is 0 Å². The van der Waals surface area contributed by atoms with Crippen LogP contribution in [0.15, 0.2) is 10.9 Å². The minimum Gasteiger partial charge on any atom is -0.468 e. The van der Waals surface area contributed by atoms with Crippen LogP contribution in [0.1, 0.15) is 18.5 Å². The van der Waals surface area contributed by atoms with Gasteiger partial charge in [0.2, 0.25) is 0 Å². The quantitative estimate of drug-likeness (QED) is 0.801. The van der Waals surface area contributed by atoms with Gasteiger partial charge in [-0.25, -0.2) is 4.98 Å². The van der Waals surface area contributed by atoms with Gasteiger partial charge in [0.25, 0.3) is 11.6 Å². The molecule has 88 valence electrons. The molecule has 1 aromatic rings. The number of aryl methyl sites for hydroxylation is 1. The van der Waals surface area contributed by atoms with Gasteiger partial charge in [-0.3, -0.25) is 9.36 Å². The third kappa shape index (κ3) is 2.24. The predicted molar refractivity (Wildman–Crippen MR) is 60.8 cm³/mol. The Morgan fingerprint density at radius 2 is 2.50 bits per heavy atom. The van der Waals surface area contributed by atoms with Crippen molar-refractivity contribution in [2.24, 2.45) is 0 Å². The molecule has 5 nitrogen and oxygen atoms in total. The van der Waals surface area contributed by atoms with Crippen LogP contribution in [0.25, 0.3) is 0 Å². The first kappa shape index (κ1) is 11.1. The normalized spacial score (nSPS) is 20.0. The second-order valence-electron chi connectivity index (χ2n) is 4.13. The van der Waals surface area contributed by atoms with E-state index >= 15 is 0 Å². The molecule has 1 atom stereocenters. The Morgan fingerprint density at radius 1 is 1.69 bits per heavy atom. The molecule has 2 heterocycles. The summed E-state index contributed by atoms with van der Waals surface area (Å²) in [5.41, 5.74) is 0.649. The van der Waals surface area contributed by atoms with Crippen molar-refractivity contribution in [2.75, 3.05) is 13.7 Å². The maximum absolute atomic E-state index is 11.8. The smallest absolute Gasteiger partial charge is 0.299 e. The van der Waals surface area contributed by atoms with E-state index in [1.807, 2.05) is 0 Å². The van der Waals surface area contributed by atoms with Crippen molar-refractivity contribution in [3.05, 3.63) is 22.1 Å². The number of hydrogen-bond acceptors (Lipinski definition) is 4. The molecule has 2 rings (SSSR count). The van der Waals surface area contributed by atoms with Gasteiger partial charge >= 0.3 is 0 Å². The number of aromatic nitrogens is 2. The van der Waals surface area contributed by atoms with Gasteiger partial charge in [0.1, 0.15) is 0 Å². The van der Waals surface area contributed by atoms with Crippen LogP contribution >= 0.6 is 0 Å². The molecule has 0 radical (unpaired) electrons. The molecule has 0 amide bonds. The fourth-order valence-corrected chi connectivity index (χ4v) is 2.05. The molecule has 1 aliphatic rings. The molecule has 16 heavy (non-hydrogen) atoms. The Kier molecular flexibility index (Phi) is 3.24. The maximum atomic E-state index is 11.8. The molecule has 1 saturated heterocycles. The van der Waals surface area contributed by atoms with E-state index in [2.05, 4.69) is 10.3 Å². The van der Waals surface area contributed by atoms with Crippen molar-refractivity contribution in [2.45, 2.75) is 32.4 Å². The molecular weight excluding hydrogens is 206 g/mol. The Hall–Kier alpha value is -1.36. The standard InChI is InChI=1S/C11H17N3O2/c1-8-6-10(15)14(11(13-8)16-2)7-9-4-3-5-12-9/h6,9,12H,3-5,7H2,1-2H3/t9-/m0/s1. The summed E-state index contributed by atoms with van der Waals surface area (Å²) >= 11 is 0. The van der Waals surface area contributed by atoms with Crippen LogP contribution in [0.4, 0.5) is 0 Å². The van der Waals surface area contributed by atoms with E-state index in [1.54, 1.807) is 18.6 Å². The van der Waals surface area contributed by atoms with E-state index < -0.39 is 0 Å². The number of methoxy groups -OCH3 is 1. The molecule has 0 spiro atoms. The lowest BCUT2D eigenvalue weighted by Gasteiger charge is -2.15. The third-order valence-corrected chi connectivity index (χ3v) is 2.85. The van der Waals surface area contributed by atoms with Gasteiger partial charge in [-0.15, -0.1) is 0 Å². The number of nitrogens with zero attached hydrogens (tertiary/aromatic N) is 2. The second kappa shape index (κ2) is 4.65. The lowest BCUT2D eigenvalue weighted by Crippen LogP contribution is -2.33. The van der Waals surface area contributed by atoms with Crippen LogP contribution < -0.4 is 15.6 Å². The van der Waals surface area contributed by atoms with Gasteiger partial charge in [-0.2, -0.15) is 0 Å². The zero-order valence-electron chi connectivity index (χ0n) is 9.69. The zero-order valence-corrected chi connectivity index (χ0v) is 9.69. The fourth-order valence-electron chi connectivity index (χ4n) is 2.05. The first-order valence-corrected chi connectivity index (χ1v) is 5.56. The van der Waals surface area contributed by atoms with Crippen LogP contribution in [0.3, 0.4) is 0 Å². The van der Waals surface area contributed by atoms with Gasteiger partial charge in [-0.1, -0.05) is 0 Å². The van der Waals surface area contributed by atoms with Crippen molar-refractivity contribution < 1.29 is 4.74 Å². The summed E-state index contributed by atoms with van der Waals surface area (Å²) in [7, 11) is 1.54. The van der Waals surface area contributed by atoms with Crippen LogP contribution in [-0.2, 0) is 6.54 Å². The minimum absolute atomic E-state index is 0.0435. The molecule has 0 unspecified atom stereocenters. The molecule has 0 aromatic carbocycles. The van der Waals surface area contributed by atoms with Gasteiger partial charge in [0.05, 0.1) is 7.11 Å². The highest BCUT2D eigenvalue weighted by molar-refractivity contribution is 5.07. The molecule has 1 fully saturated rings. The first-order valence-electron chi connectivity index (χ1n) is 5.56. The van der Waals surface area contributed by atoms with E-state index in [-0.39, 0.29) is 5.56 Å². The molecule has 5 heteroatoms. The zero-order chi connectivity index (χ0) is 11.5. The Bertz CT molecular complexity index is 422. The molecule has 0 saturated carbocycles. The molecule has 1 N–H and O–H groups in total. The summed E-state index contributed by atoms with van der Waals surface area (Å²) in [6.07, 6.45) is 2.27. The average molecular weight is 223 g/mol. The van der Waals surface area contributed by atoms with Crippen molar-refractivity contribution in [1.29, 1.82) is 0 Å². The largest absolute Gasteiger partial charge is 0.468 e. The molecule has 1 aromatic heterocycles. The first-order chi connectivity index (χ1) is 7.70. The highest BCUT2D eigenvalue weighted by Gasteiger charge is 2.17. The average Bonchev–Trinajstić information content (AvgIpc) is 2.74. The lowest BCUT2D eigenvalue weighted by molar-refractivity contribution is 0.332. The van der Waals surface area contributed by atoms with Crippen LogP contribution in [0.5, 0.6) is 6.01 Å². The van der Waals surface area contributed by atoms with Gasteiger partial charge < -0.3 is 10.1 Å². The second-order valence-corrected chi connectivity index (χ2v) is 4.13. The van der Waals surface area contributed by atoms with Crippen LogP contribution in [-0.4, -0.2) is 29.2 Å². The Labute approximate surface area is 94.5 Å². The maximum Gasteiger partial charge on any atom is 0.299 e. The number of nitrogens with one attached hydrogen (secondary N) is 1. The molecule has 1 aliphatic heterocycles. The van der Waals surface area contributed by atoms with E-state index in [1.165, 1.54) is 12.5 Å². The van der Waals surface area contributed by atoms with Gasteiger partial charge in [-0.05, 0) is 26.3 Å². The van der Waals surface area contributed by atoms with Crippen molar-refractivity contribution in [1.82, 2.24) is 14.9 Å². The number of rotatable bonds is 3. The SMILES string of the molecule is COc1nc(C)cc(=O)n1C[C@@H]1CCCN1. The summed E-state index contributed by atoms with van der Waals surface area (Å²) < 4.78 is 6.73. The number of hydrogen-bond donors (Lipinski definition) is 1. The third-order valence-electron chi connectivity index (χ3n) is 2.85. The van der Waals surface area contributed by atoms with E-state index in [4.69, 9.17) is 4.74 Å². The van der Waals surface area contributed by atoms with Crippen molar-refractivity contribution >= 4 is 0 Å². The highest BCUT2D eigenvalue weighted by Crippen LogP contribution is 2.10. The fraction of sp³-hybridized carbons (Fsp3) is 0.636. The Balaban J connectivity index is 2.27. The summed E-state index contributed by atoms with van der Waals surface area (Å²) in [6.45, 7) is 3.46. The van der Waals surface area contributed by atoms with Gasteiger partial charge in [0, 0.05) is 24.3 Å². The van der Waals surface area contributed by atoms with Gasteiger partial charge in [0.15, 0.2) is 0 Å². The predicted octanol–water partition coefficient (Wildman–Crippen LogP) is 0.312. The van der Waals surface area contributed by atoms with Crippen molar-refractivity contribution in [3.8, 4) is 6.01 Å². The van der Waals surface area contributed by atoms with Crippen LogP contribution in [0, 0.1) is 6.92 Å². The summed E-state index contributed by atoms with van der Waals surface area (Å²) in [5, 5.41) is 3.36. The molecule has 0 bridgehead atoms. The number of ether oxygens (including phenoxy) is 1. The van der Waals surface area contributed by atoms with E-state index in [0.29, 0.717) is 24.3 Å². The lowest BCUT2D eigenvalue weighted by atomic mass is 10.2. The topological polar surface area (TPSA) is 56.1 Å². The monoisotopic (exact) mass is 223 g/mol. The summed E-state index contributed by atoms with van der Waals surface area (Å²) in [5.74, 6) is 0. The minimum atomic E-state index is -0.0435. The van der Waals surface area contributed by atoms with E-state index in [0.717, 1.165) is 13.0 Å².